The number of rotatable bonds is 3. The van der Waals surface area contributed by atoms with Gasteiger partial charge >= 0.3 is 0 Å². The molecule has 0 N–H and O–H groups in total. The Morgan fingerprint density at radius 1 is 0.895 bits per heavy atom. The first-order valence-electron chi connectivity index (χ1n) is 5.91. The van der Waals surface area contributed by atoms with Gasteiger partial charge in [-0.15, -0.1) is 16.7 Å². The largest absolute Gasteiger partial charge is 0.437 e. The van der Waals surface area contributed by atoms with Gasteiger partial charge < -0.3 is 4.74 Å². The third kappa shape index (κ3) is 2.51. The summed E-state index contributed by atoms with van der Waals surface area (Å²) in [4.78, 5) is 0. The van der Waals surface area contributed by atoms with Crippen molar-refractivity contribution in [1.82, 2.24) is 10.2 Å². The van der Waals surface area contributed by atoms with Crippen LogP contribution in [0, 0.1) is 0 Å². The van der Waals surface area contributed by atoms with Gasteiger partial charge in [0.05, 0.1) is 11.6 Å². The third-order valence-electron chi connectivity index (χ3n) is 2.80. The molecular weight excluding hydrogens is 260 g/mol. The van der Waals surface area contributed by atoms with Crippen LogP contribution in [0.4, 0.5) is 0 Å². The molecule has 0 aliphatic carbocycles. The van der Waals surface area contributed by atoms with Crippen molar-refractivity contribution in [3.05, 3.63) is 60.3 Å². The molecule has 3 rings (SSSR count). The van der Waals surface area contributed by atoms with Gasteiger partial charge in [-0.3, -0.25) is 0 Å². The van der Waals surface area contributed by atoms with E-state index in [4.69, 9.17) is 16.3 Å². The number of fused-ring (bicyclic) bond motifs is 1. The lowest BCUT2D eigenvalue weighted by Gasteiger charge is -2.07. The Hall–Kier alpha value is -2.13. The van der Waals surface area contributed by atoms with Crippen molar-refractivity contribution in [3.63, 3.8) is 0 Å². The minimum absolute atomic E-state index is 0.349. The first-order valence-corrected chi connectivity index (χ1v) is 6.44. The number of benzene rings is 2. The number of ether oxygens (including phenoxy) is 1. The van der Waals surface area contributed by atoms with Crippen LogP contribution in [-0.2, 0) is 5.88 Å². The van der Waals surface area contributed by atoms with E-state index in [1.54, 1.807) is 12.1 Å². The molecule has 94 valence electrons. The molecule has 1 aromatic heterocycles. The lowest BCUT2D eigenvalue weighted by atomic mass is 10.1. The standard InChI is InChI=1S/C15H11ClN2O/c16-10-12-8-9-15(18-17-12)19-14-7-3-5-11-4-1-2-6-13(11)14/h1-9H,10H2. The van der Waals surface area contributed by atoms with Crippen LogP contribution in [0.5, 0.6) is 11.6 Å². The van der Waals surface area contributed by atoms with Gasteiger partial charge in [0.15, 0.2) is 0 Å². The quantitative estimate of drug-likeness (QED) is 0.670. The predicted octanol–water partition coefficient (Wildman–Crippen LogP) is 4.16. The predicted molar refractivity (Wildman–Crippen MR) is 75.6 cm³/mol. The zero-order valence-electron chi connectivity index (χ0n) is 10.1. The Morgan fingerprint density at radius 3 is 2.53 bits per heavy atom. The van der Waals surface area contributed by atoms with Crippen LogP contribution in [0.1, 0.15) is 5.69 Å². The lowest BCUT2D eigenvalue weighted by molar-refractivity contribution is 0.459. The topological polar surface area (TPSA) is 35.0 Å². The van der Waals surface area contributed by atoms with Crippen molar-refractivity contribution in [2.45, 2.75) is 5.88 Å². The fraction of sp³-hybridized carbons (Fsp3) is 0.0667. The van der Waals surface area contributed by atoms with Crippen molar-refractivity contribution in [3.8, 4) is 11.6 Å². The van der Waals surface area contributed by atoms with Gasteiger partial charge in [0.2, 0.25) is 5.88 Å². The fourth-order valence-corrected chi connectivity index (χ4v) is 2.01. The summed E-state index contributed by atoms with van der Waals surface area (Å²) in [6.45, 7) is 0. The third-order valence-corrected chi connectivity index (χ3v) is 3.07. The maximum absolute atomic E-state index is 5.77. The highest BCUT2D eigenvalue weighted by atomic mass is 35.5. The van der Waals surface area contributed by atoms with Crippen molar-refractivity contribution in [2.24, 2.45) is 0 Å². The Balaban J connectivity index is 1.96. The Morgan fingerprint density at radius 2 is 1.74 bits per heavy atom. The molecule has 0 radical (unpaired) electrons. The molecule has 0 aliphatic rings. The van der Waals surface area contributed by atoms with Crippen LogP contribution < -0.4 is 4.74 Å². The van der Waals surface area contributed by atoms with Gasteiger partial charge in [-0.1, -0.05) is 36.4 Å². The van der Waals surface area contributed by atoms with Gasteiger partial charge in [0, 0.05) is 11.5 Å². The molecule has 0 aliphatic heterocycles. The molecule has 2 aromatic carbocycles. The van der Waals surface area contributed by atoms with Crippen LogP contribution in [0.15, 0.2) is 54.6 Å². The van der Waals surface area contributed by atoms with E-state index in [1.807, 2.05) is 42.5 Å². The van der Waals surface area contributed by atoms with Crippen LogP contribution in [0.3, 0.4) is 0 Å². The van der Waals surface area contributed by atoms with Gasteiger partial charge in [-0.25, -0.2) is 0 Å². The smallest absolute Gasteiger partial charge is 0.238 e. The molecule has 0 saturated heterocycles. The van der Waals surface area contributed by atoms with E-state index in [0.717, 1.165) is 22.2 Å². The molecule has 3 aromatic rings. The monoisotopic (exact) mass is 270 g/mol. The van der Waals surface area contributed by atoms with E-state index >= 15 is 0 Å². The average Bonchev–Trinajstić information content (AvgIpc) is 2.48. The van der Waals surface area contributed by atoms with E-state index in [1.165, 1.54) is 0 Å². The molecule has 3 nitrogen and oxygen atoms in total. The van der Waals surface area contributed by atoms with Crippen LogP contribution >= 0.6 is 11.6 Å². The summed E-state index contributed by atoms with van der Waals surface area (Å²) in [7, 11) is 0. The van der Waals surface area contributed by atoms with Crippen LogP contribution in [0.2, 0.25) is 0 Å². The average molecular weight is 271 g/mol. The van der Waals surface area contributed by atoms with Gasteiger partial charge in [0.1, 0.15) is 5.75 Å². The molecule has 0 saturated carbocycles. The molecule has 0 unspecified atom stereocenters. The number of nitrogens with zero attached hydrogens (tertiary/aromatic N) is 2. The second kappa shape index (κ2) is 5.24. The molecule has 4 heteroatoms. The summed E-state index contributed by atoms with van der Waals surface area (Å²) < 4.78 is 5.77. The molecule has 0 atom stereocenters. The molecule has 19 heavy (non-hydrogen) atoms. The molecule has 0 spiro atoms. The Kier molecular flexibility index (Phi) is 3.29. The van der Waals surface area contributed by atoms with Gasteiger partial charge in [-0.2, -0.15) is 5.10 Å². The molecule has 0 amide bonds. The van der Waals surface area contributed by atoms with Crippen molar-refractivity contribution in [1.29, 1.82) is 0 Å². The summed E-state index contributed by atoms with van der Waals surface area (Å²) >= 11 is 5.67. The zero-order valence-corrected chi connectivity index (χ0v) is 10.8. The number of hydrogen-bond donors (Lipinski definition) is 0. The molecule has 0 bridgehead atoms. The second-order valence-corrected chi connectivity index (χ2v) is 4.34. The highest BCUT2D eigenvalue weighted by Crippen LogP contribution is 2.28. The highest BCUT2D eigenvalue weighted by molar-refractivity contribution is 6.16. The van der Waals surface area contributed by atoms with E-state index in [-0.39, 0.29) is 0 Å². The first kappa shape index (κ1) is 11.9. The Labute approximate surface area is 115 Å². The first-order chi connectivity index (χ1) is 9.36. The fourth-order valence-electron chi connectivity index (χ4n) is 1.87. The van der Waals surface area contributed by atoms with E-state index in [9.17, 15) is 0 Å². The van der Waals surface area contributed by atoms with E-state index < -0.39 is 0 Å². The maximum atomic E-state index is 5.77. The summed E-state index contributed by atoms with van der Waals surface area (Å²) in [5.41, 5.74) is 0.729. The Bertz CT molecular complexity index is 693. The van der Waals surface area contributed by atoms with Crippen molar-refractivity contribution in [2.75, 3.05) is 0 Å². The van der Waals surface area contributed by atoms with Gasteiger partial charge in [-0.05, 0) is 17.5 Å². The minimum Gasteiger partial charge on any atom is -0.437 e. The summed E-state index contributed by atoms with van der Waals surface area (Å²) in [5.74, 6) is 1.58. The molecule has 1 heterocycles. The maximum Gasteiger partial charge on any atom is 0.238 e. The van der Waals surface area contributed by atoms with E-state index in [0.29, 0.717) is 11.8 Å². The van der Waals surface area contributed by atoms with Crippen molar-refractivity contribution >= 4 is 22.4 Å². The minimum atomic E-state index is 0.349. The van der Waals surface area contributed by atoms with Crippen LogP contribution in [-0.4, -0.2) is 10.2 Å². The van der Waals surface area contributed by atoms with Gasteiger partial charge in [0.25, 0.3) is 0 Å². The van der Waals surface area contributed by atoms with Crippen molar-refractivity contribution < 1.29 is 4.74 Å². The second-order valence-electron chi connectivity index (χ2n) is 4.08. The lowest BCUT2D eigenvalue weighted by Crippen LogP contribution is -1.93. The number of halogens is 1. The highest BCUT2D eigenvalue weighted by Gasteiger charge is 2.04. The SMILES string of the molecule is ClCc1ccc(Oc2cccc3ccccc23)nn1. The number of hydrogen-bond acceptors (Lipinski definition) is 3. The van der Waals surface area contributed by atoms with Crippen LogP contribution in [0.25, 0.3) is 10.8 Å². The number of alkyl halides is 1. The summed E-state index contributed by atoms with van der Waals surface area (Å²) in [5, 5.41) is 10.1. The normalized spacial score (nSPS) is 10.6. The summed E-state index contributed by atoms with van der Waals surface area (Å²) in [6, 6.07) is 17.5. The molecular formula is C15H11ClN2O. The zero-order chi connectivity index (χ0) is 13.1. The van der Waals surface area contributed by atoms with E-state index in [2.05, 4.69) is 10.2 Å². The number of aromatic nitrogens is 2. The molecule has 0 fully saturated rings. The summed E-state index contributed by atoms with van der Waals surface area (Å²) in [6.07, 6.45) is 0.